The van der Waals surface area contributed by atoms with Crippen LogP contribution in [0.4, 0.5) is 0 Å². The molecule has 6 nitrogen and oxygen atoms in total. The number of amides is 1. The fourth-order valence-corrected chi connectivity index (χ4v) is 3.46. The van der Waals surface area contributed by atoms with Crippen molar-refractivity contribution >= 4 is 15.9 Å². The van der Waals surface area contributed by atoms with Crippen LogP contribution in [0.15, 0.2) is 29.2 Å². The lowest BCUT2D eigenvalue weighted by molar-refractivity contribution is 0.0159. The molecule has 0 saturated carbocycles. The molecule has 0 unspecified atom stereocenters. The van der Waals surface area contributed by atoms with Crippen LogP contribution in [-0.4, -0.2) is 45.4 Å². The van der Waals surface area contributed by atoms with Crippen LogP contribution in [-0.2, 0) is 10.0 Å². The van der Waals surface area contributed by atoms with Gasteiger partial charge in [-0.1, -0.05) is 0 Å². The van der Waals surface area contributed by atoms with Gasteiger partial charge in [0.05, 0.1) is 4.90 Å². The van der Waals surface area contributed by atoms with Crippen molar-refractivity contribution in [2.75, 3.05) is 26.2 Å². The van der Waals surface area contributed by atoms with Crippen LogP contribution in [0.2, 0.25) is 0 Å². The molecule has 3 rings (SSSR count). The molecule has 0 radical (unpaired) electrons. The first-order chi connectivity index (χ1) is 9.40. The molecule has 0 atom stereocenters. The summed E-state index contributed by atoms with van der Waals surface area (Å²) in [6.45, 7) is 3.54. The zero-order valence-electron chi connectivity index (χ0n) is 11.0. The summed E-state index contributed by atoms with van der Waals surface area (Å²) in [4.78, 5) is 14.1. The summed E-state index contributed by atoms with van der Waals surface area (Å²) >= 11 is 0. The topological polar surface area (TPSA) is 92.5 Å². The van der Waals surface area contributed by atoms with Gasteiger partial charge in [0.2, 0.25) is 10.0 Å². The standard InChI is InChI=1S/C13H17N3O3S/c14-20(18,19)11-3-1-10(2-4-11)12(17)16-8-13(9-16)5-6-15-7-13/h1-4,15H,5-9H2,(H2,14,18,19). The second kappa shape index (κ2) is 4.54. The molecule has 2 saturated heterocycles. The second-order valence-electron chi connectivity index (χ2n) is 5.66. The number of hydrogen-bond acceptors (Lipinski definition) is 4. The average molecular weight is 295 g/mol. The van der Waals surface area contributed by atoms with Gasteiger partial charge in [0.1, 0.15) is 0 Å². The SMILES string of the molecule is NS(=O)(=O)c1ccc(C(=O)N2CC3(CCNC3)C2)cc1. The zero-order valence-corrected chi connectivity index (χ0v) is 11.8. The molecular formula is C13H17N3O3S. The molecule has 0 bridgehead atoms. The summed E-state index contributed by atoms with van der Waals surface area (Å²) in [5.41, 5.74) is 0.758. The molecule has 1 amide bonds. The van der Waals surface area contributed by atoms with E-state index in [0.717, 1.165) is 32.6 Å². The van der Waals surface area contributed by atoms with Crippen LogP contribution in [0, 0.1) is 5.41 Å². The summed E-state index contributed by atoms with van der Waals surface area (Å²) in [5, 5.41) is 8.35. The van der Waals surface area contributed by atoms with E-state index in [9.17, 15) is 13.2 Å². The Morgan fingerprint density at radius 2 is 1.90 bits per heavy atom. The maximum Gasteiger partial charge on any atom is 0.253 e. The summed E-state index contributed by atoms with van der Waals surface area (Å²) in [5.74, 6) is -0.0523. The quantitative estimate of drug-likeness (QED) is 0.788. The van der Waals surface area contributed by atoms with E-state index in [4.69, 9.17) is 5.14 Å². The fourth-order valence-electron chi connectivity index (χ4n) is 2.94. The molecule has 2 heterocycles. The number of sulfonamides is 1. The maximum absolute atomic E-state index is 12.3. The number of nitrogens with one attached hydrogen (secondary N) is 1. The van der Waals surface area contributed by atoms with Gasteiger partial charge in [-0.05, 0) is 37.2 Å². The molecule has 0 aliphatic carbocycles. The van der Waals surface area contributed by atoms with E-state index in [0.29, 0.717) is 5.56 Å². The lowest BCUT2D eigenvalue weighted by Crippen LogP contribution is -2.59. The minimum absolute atomic E-state index is 0.0223. The van der Waals surface area contributed by atoms with Gasteiger partial charge in [0.25, 0.3) is 5.91 Å². The highest BCUT2D eigenvalue weighted by atomic mass is 32.2. The summed E-state index contributed by atoms with van der Waals surface area (Å²) in [6.07, 6.45) is 1.11. The molecule has 2 aliphatic rings. The number of hydrogen-bond donors (Lipinski definition) is 2. The molecule has 0 aromatic heterocycles. The molecule has 108 valence electrons. The Bertz CT molecular complexity index is 625. The van der Waals surface area contributed by atoms with Crippen molar-refractivity contribution < 1.29 is 13.2 Å². The van der Waals surface area contributed by atoms with Gasteiger partial charge in [0.15, 0.2) is 0 Å². The average Bonchev–Trinajstić information content (AvgIpc) is 2.85. The molecule has 1 spiro atoms. The van der Waals surface area contributed by atoms with Gasteiger partial charge in [-0.15, -0.1) is 0 Å². The molecule has 20 heavy (non-hydrogen) atoms. The van der Waals surface area contributed by atoms with Crippen molar-refractivity contribution in [2.45, 2.75) is 11.3 Å². The Hall–Kier alpha value is -1.44. The van der Waals surface area contributed by atoms with Gasteiger partial charge in [-0.3, -0.25) is 4.79 Å². The third-order valence-corrected chi connectivity index (χ3v) is 5.03. The van der Waals surface area contributed by atoms with E-state index in [1.54, 1.807) is 4.90 Å². The van der Waals surface area contributed by atoms with Crippen LogP contribution in [0.3, 0.4) is 0 Å². The van der Waals surface area contributed by atoms with Crippen LogP contribution in [0.25, 0.3) is 0 Å². The van der Waals surface area contributed by atoms with E-state index >= 15 is 0 Å². The van der Waals surface area contributed by atoms with Crippen LogP contribution in [0.1, 0.15) is 16.8 Å². The van der Waals surface area contributed by atoms with Gasteiger partial charge in [-0.2, -0.15) is 0 Å². The smallest absolute Gasteiger partial charge is 0.253 e. The second-order valence-corrected chi connectivity index (χ2v) is 7.22. The molecule has 3 N–H and O–H groups in total. The number of rotatable bonds is 2. The van der Waals surface area contributed by atoms with Crippen molar-refractivity contribution in [1.29, 1.82) is 0 Å². The van der Waals surface area contributed by atoms with Gasteiger partial charge in [-0.25, -0.2) is 13.6 Å². The minimum Gasteiger partial charge on any atom is -0.337 e. The molecule has 7 heteroatoms. The molecule has 1 aromatic carbocycles. The molecule has 1 aromatic rings. The Labute approximate surface area is 118 Å². The fraction of sp³-hybridized carbons (Fsp3) is 0.462. The highest BCUT2D eigenvalue weighted by molar-refractivity contribution is 7.89. The van der Waals surface area contributed by atoms with Crippen molar-refractivity contribution in [2.24, 2.45) is 10.6 Å². The van der Waals surface area contributed by atoms with Crippen molar-refractivity contribution in [3.8, 4) is 0 Å². The van der Waals surface area contributed by atoms with Crippen molar-refractivity contribution in [3.05, 3.63) is 29.8 Å². The third kappa shape index (κ3) is 2.32. The molecule has 2 fully saturated rings. The summed E-state index contributed by atoms with van der Waals surface area (Å²) in [6, 6.07) is 5.77. The zero-order chi connectivity index (χ0) is 14.4. The molecule has 2 aliphatic heterocycles. The number of benzene rings is 1. The predicted octanol–water partition coefficient (Wildman–Crippen LogP) is -0.230. The summed E-state index contributed by atoms with van der Waals surface area (Å²) < 4.78 is 22.3. The third-order valence-electron chi connectivity index (χ3n) is 4.10. The number of primary sulfonamides is 1. The van der Waals surface area contributed by atoms with E-state index < -0.39 is 10.0 Å². The Kier molecular flexibility index (Phi) is 3.07. The van der Waals surface area contributed by atoms with E-state index in [1.807, 2.05) is 0 Å². The lowest BCUT2D eigenvalue weighted by atomic mass is 9.79. The van der Waals surface area contributed by atoms with E-state index in [-0.39, 0.29) is 16.2 Å². The highest BCUT2D eigenvalue weighted by Gasteiger charge is 2.46. The number of carbonyl (C=O) groups excluding carboxylic acids is 1. The minimum atomic E-state index is -3.71. The lowest BCUT2D eigenvalue weighted by Gasteiger charge is -2.47. The van der Waals surface area contributed by atoms with E-state index in [2.05, 4.69) is 5.32 Å². The van der Waals surface area contributed by atoms with E-state index in [1.165, 1.54) is 24.3 Å². The van der Waals surface area contributed by atoms with Crippen LogP contribution < -0.4 is 10.5 Å². The largest absolute Gasteiger partial charge is 0.337 e. The van der Waals surface area contributed by atoms with Crippen molar-refractivity contribution in [3.63, 3.8) is 0 Å². The Morgan fingerprint density at radius 3 is 2.40 bits per heavy atom. The number of nitrogens with two attached hydrogens (primary N) is 1. The molecular weight excluding hydrogens is 278 g/mol. The maximum atomic E-state index is 12.3. The van der Waals surface area contributed by atoms with Gasteiger partial charge < -0.3 is 10.2 Å². The first kappa shape index (κ1) is 13.5. The van der Waals surface area contributed by atoms with Crippen molar-refractivity contribution in [1.82, 2.24) is 10.2 Å². The Balaban J connectivity index is 1.69. The number of likely N-dealkylation sites (tertiary alicyclic amines) is 1. The monoisotopic (exact) mass is 295 g/mol. The van der Waals surface area contributed by atoms with Gasteiger partial charge in [0, 0.05) is 30.6 Å². The normalized spacial score (nSPS) is 20.9. The summed E-state index contributed by atoms with van der Waals surface area (Å²) in [7, 11) is -3.71. The highest BCUT2D eigenvalue weighted by Crippen LogP contribution is 2.36. The predicted molar refractivity (Wildman–Crippen MR) is 73.6 cm³/mol. The van der Waals surface area contributed by atoms with Crippen LogP contribution >= 0.6 is 0 Å². The Morgan fingerprint density at radius 1 is 1.25 bits per heavy atom. The number of carbonyl (C=O) groups is 1. The number of nitrogens with zero attached hydrogens (tertiary/aromatic N) is 1. The van der Waals surface area contributed by atoms with Gasteiger partial charge >= 0.3 is 0 Å². The first-order valence-electron chi connectivity index (χ1n) is 6.53. The van der Waals surface area contributed by atoms with Crippen LogP contribution in [0.5, 0.6) is 0 Å². The first-order valence-corrected chi connectivity index (χ1v) is 8.07.